The molecule has 0 fully saturated rings. The number of nitrogens with one attached hydrogen (secondary N) is 1. The number of thiophene rings is 1. The van der Waals surface area contributed by atoms with Gasteiger partial charge in [0.25, 0.3) is 5.91 Å². The van der Waals surface area contributed by atoms with Gasteiger partial charge in [-0.2, -0.15) is 0 Å². The Labute approximate surface area is 159 Å². The molecule has 4 nitrogen and oxygen atoms in total. The van der Waals surface area contributed by atoms with Crippen LogP contribution in [0.15, 0.2) is 35.7 Å². The van der Waals surface area contributed by atoms with Crippen LogP contribution in [0.2, 0.25) is 0 Å². The lowest BCUT2D eigenvalue weighted by Gasteiger charge is -2.18. The molecule has 0 radical (unpaired) electrons. The minimum absolute atomic E-state index is 0.0536. The van der Waals surface area contributed by atoms with Gasteiger partial charge in [-0.15, -0.1) is 11.3 Å². The molecule has 0 saturated heterocycles. The molecule has 0 spiro atoms. The molecular weight excluding hydrogens is 366 g/mol. The van der Waals surface area contributed by atoms with E-state index in [0.717, 1.165) is 30.4 Å². The summed E-state index contributed by atoms with van der Waals surface area (Å²) in [5.74, 6) is 0.754. The Hall–Kier alpha value is -1.66. The van der Waals surface area contributed by atoms with Gasteiger partial charge in [0.15, 0.2) is 9.84 Å². The van der Waals surface area contributed by atoms with Crippen LogP contribution < -0.4 is 5.32 Å². The maximum absolute atomic E-state index is 12.4. The molecule has 1 atom stereocenters. The van der Waals surface area contributed by atoms with Crippen LogP contribution in [0.1, 0.15) is 46.1 Å². The van der Waals surface area contributed by atoms with Crippen molar-refractivity contribution >= 4 is 27.1 Å². The van der Waals surface area contributed by atoms with Crippen LogP contribution in [0.5, 0.6) is 0 Å². The highest BCUT2D eigenvalue weighted by Gasteiger charge is 2.23. The first-order chi connectivity index (χ1) is 12.4. The number of benzene rings is 1. The second kappa shape index (κ2) is 8.35. The van der Waals surface area contributed by atoms with Crippen molar-refractivity contribution < 1.29 is 13.2 Å². The molecule has 0 bridgehead atoms. The predicted octanol–water partition coefficient (Wildman–Crippen LogP) is 3.61. The second-order valence-electron chi connectivity index (χ2n) is 7.09. The zero-order valence-electron chi connectivity index (χ0n) is 15.0. The van der Waals surface area contributed by atoms with Crippen LogP contribution in [0.25, 0.3) is 0 Å². The number of rotatable bonds is 7. The topological polar surface area (TPSA) is 63.2 Å². The minimum Gasteiger partial charge on any atom is -0.352 e. The highest BCUT2D eigenvalue weighted by atomic mass is 32.2. The summed E-state index contributed by atoms with van der Waals surface area (Å²) < 4.78 is 24.4. The third-order valence-electron chi connectivity index (χ3n) is 4.79. The molecule has 1 unspecified atom stereocenters. The summed E-state index contributed by atoms with van der Waals surface area (Å²) in [7, 11) is -3.16. The summed E-state index contributed by atoms with van der Waals surface area (Å²) in [4.78, 5) is 13.8. The van der Waals surface area contributed by atoms with Gasteiger partial charge in [0.2, 0.25) is 0 Å². The van der Waals surface area contributed by atoms with Crippen molar-refractivity contribution in [1.82, 2.24) is 5.32 Å². The molecule has 1 aromatic carbocycles. The fourth-order valence-electron chi connectivity index (χ4n) is 3.36. The van der Waals surface area contributed by atoms with Crippen LogP contribution >= 0.6 is 11.3 Å². The van der Waals surface area contributed by atoms with Crippen LogP contribution in [0.4, 0.5) is 0 Å². The Bertz CT molecular complexity index is 856. The number of carbonyl (C=O) groups is 1. The lowest BCUT2D eigenvalue weighted by atomic mass is 9.88. The van der Waals surface area contributed by atoms with Crippen LogP contribution in [-0.2, 0) is 28.4 Å². The van der Waals surface area contributed by atoms with Crippen molar-refractivity contribution in [2.75, 3.05) is 12.3 Å². The fraction of sp³-hybridized carbons (Fsp3) is 0.450. The van der Waals surface area contributed by atoms with E-state index in [1.54, 1.807) is 11.3 Å². The average molecular weight is 392 g/mol. The van der Waals surface area contributed by atoms with Crippen molar-refractivity contribution in [3.05, 3.63) is 57.3 Å². The van der Waals surface area contributed by atoms with Crippen molar-refractivity contribution in [2.24, 2.45) is 5.92 Å². The monoisotopic (exact) mass is 391 g/mol. The Balaban J connectivity index is 1.47. The van der Waals surface area contributed by atoms with Gasteiger partial charge in [-0.3, -0.25) is 4.79 Å². The molecule has 0 aliphatic heterocycles. The fourth-order valence-corrected chi connectivity index (χ4v) is 6.03. The summed E-state index contributed by atoms with van der Waals surface area (Å²) >= 11 is 1.67. The van der Waals surface area contributed by atoms with Gasteiger partial charge >= 0.3 is 0 Å². The van der Waals surface area contributed by atoms with Gasteiger partial charge in [-0.05, 0) is 42.7 Å². The first kappa shape index (κ1) is 19.1. The van der Waals surface area contributed by atoms with E-state index < -0.39 is 9.84 Å². The average Bonchev–Trinajstić information content (AvgIpc) is 3.02. The van der Waals surface area contributed by atoms with Gasteiger partial charge in [0.1, 0.15) is 0 Å². The molecule has 1 N–H and O–H groups in total. The summed E-state index contributed by atoms with van der Waals surface area (Å²) in [5, 5.41) is 4.83. The van der Waals surface area contributed by atoms with Crippen molar-refractivity contribution in [3.8, 4) is 0 Å². The predicted molar refractivity (Wildman–Crippen MR) is 106 cm³/mol. The molecule has 6 heteroatoms. The number of sulfone groups is 1. The Morgan fingerprint density at radius 2 is 2.04 bits per heavy atom. The number of amides is 1. The summed E-state index contributed by atoms with van der Waals surface area (Å²) in [6, 6.07) is 9.19. The standard InChI is InChI=1S/C20H25NO3S2/c1-15-8-9-17-18(13-25-19(17)12-15)20(22)21-10-5-11-26(23,24)14-16-6-3-2-4-7-16/h2-4,6-7,13,15H,5,8-12,14H2,1H3,(H,21,22). The van der Waals surface area contributed by atoms with E-state index in [1.165, 1.54) is 10.4 Å². The Morgan fingerprint density at radius 3 is 2.81 bits per heavy atom. The molecule has 1 amide bonds. The van der Waals surface area contributed by atoms with Crippen LogP contribution in [-0.4, -0.2) is 26.6 Å². The molecular formula is C20H25NO3S2. The smallest absolute Gasteiger partial charge is 0.252 e. The van der Waals surface area contributed by atoms with E-state index in [4.69, 9.17) is 0 Å². The van der Waals surface area contributed by atoms with Crippen LogP contribution in [0, 0.1) is 5.92 Å². The van der Waals surface area contributed by atoms with Crippen LogP contribution in [0.3, 0.4) is 0 Å². The molecule has 0 saturated carbocycles. The Kier molecular flexibility index (Phi) is 6.14. The third-order valence-corrected chi connectivity index (χ3v) is 7.53. The molecule has 3 rings (SSSR count). The van der Waals surface area contributed by atoms with E-state index >= 15 is 0 Å². The minimum atomic E-state index is -3.16. The maximum atomic E-state index is 12.4. The van der Waals surface area contributed by atoms with Crippen molar-refractivity contribution in [3.63, 3.8) is 0 Å². The molecule has 2 aromatic rings. The number of hydrogen-bond acceptors (Lipinski definition) is 4. The number of carbonyl (C=O) groups excluding carboxylic acids is 1. The first-order valence-electron chi connectivity index (χ1n) is 9.06. The molecule has 1 aliphatic rings. The first-order valence-corrected chi connectivity index (χ1v) is 11.8. The lowest BCUT2D eigenvalue weighted by Crippen LogP contribution is -2.27. The van der Waals surface area contributed by atoms with E-state index in [9.17, 15) is 13.2 Å². The SMILES string of the molecule is CC1CCc2c(C(=O)NCCCS(=O)(=O)Cc3ccccc3)csc2C1. The highest BCUT2D eigenvalue weighted by molar-refractivity contribution is 7.90. The van der Waals surface area contributed by atoms with Gasteiger partial charge < -0.3 is 5.32 Å². The third kappa shape index (κ3) is 4.95. The number of hydrogen-bond donors (Lipinski definition) is 1. The highest BCUT2D eigenvalue weighted by Crippen LogP contribution is 2.32. The van der Waals surface area contributed by atoms with Gasteiger partial charge in [-0.1, -0.05) is 37.3 Å². The second-order valence-corrected chi connectivity index (χ2v) is 10.2. The quantitative estimate of drug-likeness (QED) is 0.734. The van der Waals surface area contributed by atoms with Gasteiger partial charge in [0.05, 0.1) is 17.1 Å². The molecule has 26 heavy (non-hydrogen) atoms. The van der Waals surface area contributed by atoms with E-state index in [-0.39, 0.29) is 17.4 Å². The number of fused-ring (bicyclic) bond motifs is 1. The molecule has 1 aliphatic carbocycles. The van der Waals surface area contributed by atoms with Gasteiger partial charge in [-0.25, -0.2) is 8.42 Å². The zero-order valence-corrected chi connectivity index (χ0v) is 16.7. The lowest BCUT2D eigenvalue weighted by molar-refractivity contribution is 0.0953. The van der Waals surface area contributed by atoms with Crippen molar-refractivity contribution in [1.29, 1.82) is 0 Å². The molecule has 1 heterocycles. The maximum Gasteiger partial charge on any atom is 0.252 e. The van der Waals surface area contributed by atoms with Gasteiger partial charge in [0, 0.05) is 16.8 Å². The largest absolute Gasteiger partial charge is 0.352 e. The zero-order chi connectivity index (χ0) is 18.6. The summed E-state index contributed by atoms with van der Waals surface area (Å²) in [6.45, 7) is 2.63. The Morgan fingerprint density at radius 1 is 1.27 bits per heavy atom. The summed E-state index contributed by atoms with van der Waals surface area (Å²) in [5.41, 5.74) is 2.78. The summed E-state index contributed by atoms with van der Waals surface area (Å²) in [6.07, 6.45) is 3.59. The van der Waals surface area contributed by atoms with E-state index in [1.807, 2.05) is 35.7 Å². The van der Waals surface area contributed by atoms with Crippen molar-refractivity contribution in [2.45, 2.75) is 38.4 Å². The normalized spacial score (nSPS) is 16.9. The van der Waals surface area contributed by atoms with E-state index in [2.05, 4.69) is 12.2 Å². The molecule has 1 aromatic heterocycles. The van der Waals surface area contributed by atoms with E-state index in [0.29, 0.717) is 18.9 Å². The molecule has 140 valence electrons.